The minimum atomic E-state index is -0.200. The molecular formula is C16H22O. The first kappa shape index (κ1) is 11.3. The molecule has 0 aliphatic heterocycles. The van der Waals surface area contributed by atoms with Crippen LogP contribution in [0.1, 0.15) is 55.8 Å². The normalized spacial score (nSPS) is 29.9. The molecular weight excluding hydrogens is 208 g/mol. The van der Waals surface area contributed by atoms with Gasteiger partial charge in [-0.05, 0) is 29.4 Å². The Labute approximate surface area is 104 Å². The van der Waals surface area contributed by atoms with Crippen molar-refractivity contribution in [2.24, 2.45) is 11.8 Å². The molecule has 1 aromatic carbocycles. The zero-order valence-corrected chi connectivity index (χ0v) is 10.4. The highest BCUT2D eigenvalue weighted by Crippen LogP contribution is 2.44. The molecule has 2 aliphatic rings. The molecule has 0 saturated heterocycles. The Morgan fingerprint density at radius 2 is 1.65 bits per heavy atom. The van der Waals surface area contributed by atoms with E-state index in [4.69, 9.17) is 0 Å². The molecule has 0 amide bonds. The van der Waals surface area contributed by atoms with Gasteiger partial charge in [0.1, 0.15) is 0 Å². The fraction of sp³-hybridized carbons (Fsp3) is 0.625. The summed E-state index contributed by atoms with van der Waals surface area (Å²) in [6.07, 6.45) is 9.08. The number of hydrogen-bond acceptors (Lipinski definition) is 1. The van der Waals surface area contributed by atoms with Crippen molar-refractivity contribution in [3.63, 3.8) is 0 Å². The van der Waals surface area contributed by atoms with Gasteiger partial charge in [0.25, 0.3) is 0 Å². The molecule has 2 aliphatic carbocycles. The Morgan fingerprint density at radius 1 is 0.941 bits per heavy atom. The predicted octanol–water partition coefficient (Wildman–Crippen LogP) is 3.86. The topological polar surface area (TPSA) is 20.2 Å². The summed E-state index contributed by atoms with van der Waals surface area (Å²) in [6.45, 7) is 0. The smallest absolute Gasteiger partial charge is 0.0826 e. The van der Waals surface area contributed by atoms with Crippen LogP contribution in [0.5, 0.6) is 0 Å². The van der Waals surface area contributed by atoms with E-state index in [1.165, 1.54) is 49.7 Å². The van der Waals surface area contributed by atoms with Gasteiger partial charge in [-0.3, -0.25) is 0 Å². The van der Waals surface area contributed by atoms with Crippen LogP contribution in [0.2, 0.25) is 0 Å². The van der Waals surface area contributed by atoms with Crippen LogP contribution in [-0.4, -0.2) is 5.11 Å². The largest absolute Gasteiger partial charge is 0.388 e. The van der Waals surface area contributed by atoms with Gasteiger partial charge in [0.2, 0.25) is 0 Å². The molecule has 1 nitrogen and oxygen atoms in total. The summed E-state index contributed by atoms with van der Waals surface area (Å²) in [5, 5.41) is 10.5. The van der Waals surface area contributed by atoms with Gasteiger partial charge < -0.3 is 5.11 Å². The van der Waals surface area contributed by atoms with Crippen LogP contribution >= 0.6 is 0 Å². The second-order valence-electron chi connectivity index (χ2n) is 5.76. The minimum Gasteiger partial charge on any atom is -0.388 e. The van der Waals surface area contributed by atoms with Crippen molar-refractivity contribution >= 4 is 0 Å². The molecule has 0 radical (unpaired) electrons. The molecule has 1 N–H and O–H groups in total. The van der Waals surface area contributed by atoms with Gasteiger partial charge in [0.15, 0.2) is 0 Å². The Balaban J connectivity index is 1.78. The van der Waals surface area contributed by atoms with Gasteiger partial charge in [-0.25, -0.2) is 0 Å². The lowest BCUT2D eigenvalue weighted by molar-refractivity contribution is 0.0807. The van der Waals surface area contributed by atoms with Crippen LogP contribution in [0.15, 0.2) is 24.3 Å². The van der Waals surface area contributed by atoms with Crippen LogP contribution in [0.4, 0.5) is 0 Å². The van der Waals surface area contributed by atoms with Crippen LogP contribution in [0.3, 0.4) is 0 Å². The van der Waals surface area contributed by atoms with Crippen molar-refractivity contribution in [3.05, 3.63) is 35.4 Å². The average Bonchev–Trinajstić information content (AvgIpc) is 2.57. The third kappa shape index (κ3) is 2.13. The average molecular weight is 230 g/mol. The zero-order chi connectivity index (χ0) is 11.7. The Bertz CT molecular complexity index is 377. The quantitative estimate of drug-likeness (QED) is 0.726. The summed E-state index contributed by atoms with van der Waals surface area (Å²) in [7, 11) is 0. The van der Waals surface area contributed by atoms with E-state index in [1.54, 1.807) is 0 Å². The van der Waals surface area contributed by atoms with Crippen LogP contribution in [0.25, 0.3) is 0 Å². The first-order chi connectivity index (χ1) is 8.36. The lowest BCUT2D eigenvalue weighted by Crippen LogP contribution is -2.18. The molecule has 0 spiro atoms. The summed E-state index contributed by atoms with van der Waals surface area (Å²) >= 11 is 0. The fourth-order valence-electron chi connectivity index (χ4n) is 3.77. The lowest BCUT2D eigenvalue weighted by Gasteiger charge is -2.25. The summed E-state index contributed by atoms with van der Waals surface area (Å²) in [4.78, 5) is 0. The van der Waals surface area contributed by atoms with E-state index in [0.717, 1.165) is 12.3 Å². The van der Waals surface area contributed by atoms with Crippen molar-refractivity contribution in [1.82, 2.24) is 0 Å². The molecule has 2 unspecified atom stereocenters. The fourth-order valence-corrected chi connectivity index (χ4v) is 3.77. The second kappa shape index (κ2) is 4.81. The maximum absolute atomic E-state index is 10.5. The van der Waals surface area contributed by atoms with Gasteiger partial charge in [-0.1, -0.05) is 62.8 Å². The highest BCUT2D eigenvalue weighted by Gasteiger charge is 2.35. The van der Waals surface area contributed by atoms with Crippen molar-refractivity contribution in [1.29, 1.82) is 0 Å². The predicted molar refractivity (Wildman–Crippen MR) is 69.8 cm³/mol. The molecule has 0 bridgehead atoms. The summed E-state index contributed by atoms with van der Waals surface area (Å²) in [5.41, 5.74) is 2.58. The lowest BCUT2D eigenvalue weighted by atomic mass is 9.83. The van der Waals surface area contributed by atoms with E-state index in [0.29, 0.717) is 5.92 Å². The molecule has 1 heteroatoms. The first-order valence-corrected chi connectivity index (χ1v) is 7.12. The monoisotopic (exact) mass is 230 g/mol. The van der Waals surface area contributed by atoms with Crippen molar-refractivity contribution in [3.8, 4) is 0 Å². The first-order valence-electron chi connectivity index (χ1n) is 7.12. The third-order valence-corrected chi connectivity index (χ3v) is 4.74. The summed E-state index contributed by atoms with van der Waals surface area (Å²) in [6, 6.07) is 8.45. The molecule has 17 heavy (non-hydrogen) atoms. The van der Waals surface area contributed by atoms with Gasteiger partial charge in [-0.2, -0.15) is 0 Å². The SMILES string of the molecule is OC1c2ccccc2CC1C1CCCCCC1. The zero-order valence-electron chi connectivity index (χ0n) is 10.4. The van der Waals surface area contributed by atoms with Crippen molar-refractivity contribution in [2.45, 2.75) is 51.0 Å². The van der Waals surface area contributed by atoms with E-state index < -0.39 is 0 Å². The number of rotatable bonds is 1. The molecule has 0 aromatic heterocycles. The Kier molecular flexibility index (Phi) is 3.19. The number of aliphatic hydroxyl groups excluding tert-OH is 1. The van der Waals surface area contributed by atoms with E-state index in [-0.39, 0.29) is 6.10 Å². The number of fused-ring (bicyclic) bond motifs is 1. The molecule has 0 heterocycles. The van der Waals surface area contributed by atoms with Crippen molar-refractivity contribution in [2.75, 3.05) is 0 Å². The van der Waals surface area contributed by atoms with E-state index in [1.807, 2.05) is 0 Å². The molecule has 1 fully saturated rings. The number of benzene rings is 1. The highest BCUT2D eigenvalue weighted by molar-refractivity contribution is 5.34. The van der Waals surface area contributed by atoms with E-state index in [9.17, 15) is 5.11 Å². The van der Waals surface area contributed by atoms with Gasteiger partial charge >= 0.3 is 0 Å². The summed E-state index contributed by atoms with van der Waals surface area (Å²) < 4.78 is 0. The summed E-state index contributed by atoms with van der Waals surface area (Å²) in [5.74, 6) is 1.24. The maximum atomic E-state index is 10.5. The number of aliphatic hydroxyl groups is 1. The standard InChI is InChI=1S/C16H22O/c17-16-14-10-6-5-9-13(14)11-15(16)12-7-3-1-2-4-8-12/h5-6,9-10,12,15-17H,1-4,7-8,11H2. The number of hydrogen-bond donors (Lipinski definition) is 1. The van der Waals surface area contributed by atoms with Crippen LogP contribution in [-0.2, 0) is 6.42 Å². The van der Waals surface area contributed by atoms with Gasteiger partial charge in [-0.15, -0.1) is 0 Å². The van der Waals surface area contributed by atoms with Gasteiger partial charge in [0.05, 0.1) is 6.10 Å². The molecule has 1 aromatic rings. The highest BCUT2D eigenvalue weighted by atomic mass is 16.3. The van der Waals surface area contributed by atoms with E-state index in [2.05, 4.69) is 24.3 Å². The van der Waals surface area contributed by atoms with E-state index >= 15 is 0 Å². The van der Waals surface area contributed by atoms with Crippen LogP contribution in [0, 0.1) is 11.8 Å². The Hall–Kier alpha value is -0.820. The van der Waals surface area contributed by atoms with Crippen molar-refractivity contribution < 1.29 is 5.11 Å². The molecule has 92 valence electrons. The molecule has 3 rings (SSSR count). The van der Waals surface area contributed by atoms with Crippen LogP contribution < -0.4 is 0 Å². The second-order valence-corrected chi connectivity index (χ2v) is 5.76. The molecule has 1 saturated carbocycles. The third-order valence-electron chi connectivity index (χ3n) is 4.74. The minimum absolute atomic E-state index is 0.200. The maximum Gasteiger partial charge on any atom is 0.0826 e. The van der Waals surface area contributed by atoms with Gasteiger partial charge in [0, 0.05) is 0 Å². The Morgan fingerprint density at radius 3 is 2.35 bits per heavy atom. The molecule has 2 atom stereocenters.